The summed E-state index contributed by atoms with van der Waals surface area (Å²) < 4.78 is 27.5. The first-order valence-corrected chi connectivity index (χ1v) is 7.84. The number of hydrogen-bond donors (Lipinski definition) is 2. The van der Waals surface area contributed by atoms with Crippen LogP contribution in [0.1, 0.15) is 32.4 Å². The Morgan fingerprint density at radius 2 is 1.70 bits per heavy atom. The van der Waals surface area contributed by atoms with Gasteiger partial charge >= 0.3 is 0 Å². The van der Waals surface area contributed by atoms with Crippen LogP contribution in [0, 0.1) is 17.0 Å². The van der Waals surface area contributed by atoms with Gasteiger partial charge in [-0.05, 0) is 27.4 Å². The molecule has 1 atom stereocenters. The molecule has 1 aliphatic heterocycles. The van der Waals surface area contributed by atoms with Gasteiger partial charge in [0.1, 0.15) is 0 Å². The summed E-state index contributed by atoms with van der Waals surface area (Å²) in [5, 5.41) is 13.4. The van der Waals surface area contributed by atoms with Crippen LogP contribution in [0.3, 0.4) is 0 Å². The maximum atomic E-state index is 13.9. The maximum absolute atomic E-state index is 13.9. The number of nitrogens with zero attached hydrogens (tertiary/aromatic N) is 1. The summed E-state index contributed by atoms with van der Waals surface area (Å²) in [5.41, 5.74) is 0.202. The number of rotatable bonds is 2. The number of hydrogen-bond acceptors (Lipinski definition) is 3. The summed E-state index contributed by atoms with van der Waals surface area (Å²) in [6, 6.07) is 1.30. The molecule has 0 aromatic heterocycles. The lowest BCUT2D eigenvalue weighted by molar-refractivity contribution is 0.0836. The average molecular weight is 436 g/mol. The Balaban J connectivity index is 0.00000242. The lowest BCUT2D eigenvalue weighted by Crippen LogP contribution is -2.48. The number of phenolic OH excluding ortho intramolecular Hbond substituents is 1. The maximum Gasteiger partial charge on any atom is 0.201 e. The summed E-state index contributed by atoms with van der Waals surface area (Å²) in [5.74, 6) is -2.83. The van der Waals surface area contributed by atoms with Crippen LogP contribution < -0.4 is 5.32 Å². The minimum absolute atomic E-state index is 0. The molecule has 0 aliphatic carbocycles. The molecule has 0 unspecified atom stereocenters. The molecule has 0 radical (unpaired) electrons. The van der Waals surface area contributed by atoms with E-state index in [9.17, 15) is 13.9 Å². The van der Waals surface area contributed by atoms with E-state index in [0.717, 1.165) is 26.2 Å². The average Bonchev–Trinajstić information content (AvgIpc) is 2.42. The van der Waals surface area contributed by atoms with E-state index in [0.29, 0.717) is 5.56 Å². The van der Waals surface area contributed by atoms with Crippen molar-refractivity contribution in [2.75, 3.05) is 26.2 Å². The molecule has 0 saturated carbocycles. The fraction of sp³-hybridized carbons (Fsp3) is 0.600. The molecule has 23 heavy (non-hydrogen) atoms. The van der Waals surface area contributed by atoms with Crippen LogP contribution in [0.4, 0.5) is 8.78 Å². The SMILES string of the molecule is CC(C)(C)[C@H](c1cc(Br)c(F)c(F)c1O)N1CCNCC1.Cl.Cl. The van der Waals surface area contributed by atoms with Gasteiger partial charge in [0.2, 0.25) is 5.82 Å². The monoisotopic (exact) mass is 434 g/mol. The van der Waals surface area contributed by atoms with Crippen molar-refractivity contribution in [3.8, 4) is 5.75 Å². The van der Waals surface area contributed by atoms with Crippen molar-refractivity contribution in [1.29, 1.82) is 0 Å². The van der Waals surface area contributed by atoms with Gasteiger partial charge in [0.15, 0.2) is 11.6 Å². The van der Waals surface area contributed by atoms with Gasteiger partial charge in [0, 0.05) is 37.8 Å². The number of piperazine rings is 1. The van der Waals surface area contributed by atoms with Crippen molar-refractivity contribution in [1.82, 2.24) is 10.2 Å². The molecule has 1 aliphatic rings. The smallest absolute Gasteiger partial charge is 0.201 e. The second kappa shape index (κ2) is 8.81. The third kappa shape index (κ3) is 4.92. The topological polar surface area (TPSA) is 35.5 Å². The number of halogens is 5. The zero-order chi connectivity index (χ0) is 15.8. The Morgan fingerprint density at radius 3 is 2.17 bits per heavy atom. The Morgan fingerprint density at radius 1 is 1.17 bits per heavy atom. The molecule has 0 spiro atoms. The molecule has 0 amide bonds. The summed E-state index contributed by atoms with van der Waals surface area (Å²) in [6.45, 7) is 9.41. The molecule has 2 rings (SSSR count). The summed E-state index contributed by atoms with van der Waals surface area (Å²) >= 11 is 3.03. The van der Waals surface area contributed by atoms with Gasteiger partial charge in [0.05, 0.1) is 4.47 Å². The Hall–Kier alpha value is -0.140. The van der Waals surface area contributed by atoms with Crippen molar-refractivity contribution in [3.63, 3.8) is 0 Å². The van der Waals surface area contributed by atoms with Crippen molar-refractivity contribution in [3.05, 3.63) is 27.7 Å². The molecular formula is C15H23BrCl2F2N2O. The van der Waals surface area contributed by atoms with Gasteiger partial charge in [-0.25, -0.2) is 4.39 Å². The Bertz CT molecular complexity index is 535. The summed E-state index contributed by atoms with van der Waals surface area (Å²) in [4.78, 5) is 2.20. The normalized spacial score (nSPS) is 17.1. The summed E-state index contributed by atoms with van der Waals surface area (Å²) in [7, 11) is 0. The third-order valence-electron chi connectivity index (χ3n) is 3.80. The lowest BCUT2D eigenvalue weighted by Gasteiger charge is -2.42. The highest BCUT2D eigenvalue weighted by molar-refractivity contribution is 9.10. The first-order valence-electron chi connectivity index (χ1n) is 7.04. The van der Waals surface area contributed by atoms with E-state index in [2.05, 4.69) is 26.1 Å². The molecule has 1 heterocycles. The zero-order valence-electron chi connectivity index (χ0n) is 13.3. The second-order valence-electron chi connectivity index (χ2n) is 6.48. The molecule has 1 aromatic rings. The first kappa shape index (κ1) is 22.9. The van der Waals surface area contributed by atoms with Crippen LogP contribution in [-0.4, -0.2) is 36.2 Å². The van der Waals surface area contributed by atoms with Gasteiger partial charge in [-0.15, -0.1) is 24.8 Å². The minimum atomic E-state index is -1.19. The number of benzene rings is 1. The van der Waals surface area contributed by atoms with Crippen molar-refractivity contribution >= 4 is 40.7 Å². The molecular weight excluding hydrogens is 413 g/mol. The summed E-state index contributed by atoms with van der Waals surface area (Å²) in [6.07, 6.45) is 0. The van der Waals surface area contributed by atoms with Gasteiger partial charge in [-0.2, -0.15) is 4.39 Å². The predicted octanol–water partition coefficient (Wildman–Crippen LogP) is 4.27. The van der Waals surface area contributed by atoms with Crippen LogP contribution in [0.25, 0.3) is 0 Å². The fourth-order valence-corrected chi connectivity index (χ4v) is 3.38. The van der Waals surface area contributed by atoms with Gasteiger partial charge < -0.3 is 10.4 Å². The molecule has 1 saturated heterocycles. The van der Waals surface area contributed by atoms with E-state index in [1.807, 2.05) is 20.8 Å². The molecule has 0 bridgehead atoms. The Kier molecular flexibility index (Phi) is 8.76. The van der Waals surface area contributed by atoms with Crippen LogP contribution in [0.15, 0.2) is 10.5 Å². The number of phenols is 1. The number of nitrogens with one attached hydrogen (secondary N) is 1. The van der Waals surface area contributed by atoms with Crippen LogP contribution in [0.2, 0.25) is 0 Å². The van der Waals surface area contributed by atoms with E-state index in [1.165, 1.54) is 6.07 Å². The standard InChI is InChI=1S/C15H21BrF2N2O.2ClH/c1-15(2,3)14(20-6-4-19-5-7-20)9-8-10(16)11(17)12(18)13(9)21;;/h8,14,19,21H,4-7H2,1-3H3;2*1H/t14-;;/m0../s1. The quantitative estimate of drug-likeness (QED) is 0.681. The predicted molar refractivity (Wildman–Crippen MR) is 96.9 cm³/mol. The van der Waals surface area contributed by atoms with Crippen molar-refractivity contribution in [2.24, 2.45) is 5.41 Å². The minimum Gasteiger partial charge on any atom is -0.505 e. The van der Waals surface area contributed by atoms with E-state index < -0.39 is 17.4 Å². The highest BCUT2D eigenvalue weighted by Gasteiger charge is 2.36. The molecule has 1 aromatic carbocycles. The van der Waals surface area contributed by atoms with Crippen LogP contribution >= 0.6 is 40.7 Å². The van der Waals surface area contributed by atoms with Crippen LogP contribution in [0.5, 0.6) is 5.75 Å². The third-order valence-corrected chi connectivity index (χ3v) is 4.37. The van der Waals surface area contributed by atoms with Gasteiger partial charge in [-0.1, -0.05) is 20.8 Å². The van der Waals surface area contributed by atoms with E-state index in [1.54, 1.807) is 0 Å². The molecule has 8 heteroatoms. The van der Waals surface area contributed by atoms with Crippen molar-refractivity contribution in [2.45, 2.75) is 26.8 Å². The highest BCUT2D eigenvalue weighted by atomic mass is 79.9. The lowest BCUT2D eigenvalue weighted by atomic mass is 9.80. The van der Waals surface area contributed by atoms with Crippen molar-refractivity contribution < 1.29 is 13.9 Å². The largest absolute Gasteiger partial charge is 0.505 e. The number of aromatic hydroxyl groups is 1. The zero-order valence-corrected chi connectivity index (χ0v) is 16.5. The molecule has 2 N–H and O–H groups in total. The van der Waals surface area contributed by atoms with Gasteiger partial charge in [-0.3, -0.25) is 4.90 Å². The van der Waals surface area contributed by atoms with E-state index in [4.69, 9.17) is 0 Å². The van der Waals surface area contributed by atoms with Crippen LogP contribution in [-0.2, 0) is 0 Å². The van der Waals surface area contributed by atoms with Gasteiger partial charge in [0.25, 0.3) is 0 Å². The van der Waals surface area contributed by atoms with E-state index in [-0.39, 0.29) is 40.7 Å². The highest BCUT2D eigenvalue weighted by Crippen LogP contribution is 2.44. The molecule has 1 fully saturated rings. The molecule has 3 nitrogen and oxygen atoms in total. The second-order valence-corrected chi connectivity index (χ2v) is 7.33. The first-order chi connectivity index (χ1) is 9.73. The molecule has 134 valence electrons. The Labute approximate surface area is 156 Å². The van der Waals surface area contributed by atoms with E-state index >= 15 is 0 Å². The fourth-order valence-electron chi connectivity index (χ4n) is 2.96.